The highest BCUT2D eigenvalue weighted by Gasteiger charge is 2.19. The highest BCUT2D eigenvalue weighted by Crippen LogP contribution is 2.31. The van der Waals surface area contributed by atoms with Gasteiger partial charge in [-0.1, -0.05) is 11.6 Å². The van der Waals surface area contributed by atoms with Crippen LogP contribution >= 0.6 is 11.6 Å². The van der Waals surface area contributed by atoms with Crippen LogP contribution in [0.25, 0.3) is 11.5 Å². The molecule has 100 valence electrons. The van der Waals surface area contributed by atoms with Gasteiger partial charge in [-0.3, -0.25) is 0 Å². The van der Waals surface area contributed by atoms with Crippen molar-refractivity contribution in [2.45, 2.75) is 0 Å². The fraction of sp³-hybridized carbons (Fsp3) is 0.333. The lowest BCUT2D eigenvalue weighted by Gasteiger charge is -2.24. The minimum absolute atomic E-state index is 0.0570. The van der Waals surface area contributed by atoms with Gasteiger partial charge in [0.25, 0.3) is 11.8 Å². The van der Waals surface area contributed by atoms with Gasteiger partial charge in [0.1, 0.15) is 5.75 Å². The first kappa shape index (κ1) is 12.3. The normalized spacial score (nSPS) is 15.7. The predicted octanol–water partition coefficient (Wildman–Crippen LogP) is 1.93. The third kappa shape index (κ3) is 2.50. The molecule has 1 aliphatic heterocycles. The zero-order chi connectivity index (χ0) is 13.2. The average Bonchev–Trinajstić information content (AvgIpc) is 2.92. The van der Waals surface area contributed by atoms with Gasteiger partial charge in [0.05, 0.1) is 18.8 Å². The van der Waals surface area contributed by atoms with Gasteiger partial charge in [0, 0.05) is 18.1 Å². The van der Waals surface area contributed by atoms with Crippen molar-refractivity contribution in [1.82, 2.24) is 10.1 Å². The Morgan fingerprint density at radius 2 is 2.05 bits per heavy atom. The van der Waals surface area contributed by atoms with E-state index in [1.165, 1.54) is 6.07 Å². The summed E-state index contributed by atoms with van der Waals surface area (Å²) in [4.78, 5) is 6.25. The molecule has 1 saturated heterocycles. The van der Waals surface area contributed by atoms with Crippen molar-refractivity contribution in [2.24, 2.45) is 0 Å². The van der Waals surface area contributed by atoms with E-state index in [1.807, 2.05) is 4.90 Å². The maximum atomic E-state index is 9.79. The zero-order valence-electron chi connectivity index (χ0n) is 10.0. The Hall–Kier alpha value is -1.79. The van der Waals surface area contributed by atoms with Gasteiger partial charge in [-0.25, -0.2) is 0 Å². The van der Waals surface area contributed by atoms with Crippen molar-refractivity contribution in [2.75, 3.05) is 31.2 Å². The van der Waals surface area contributed by atoms with Gasteiger partial charge in [-0.05, 0) is 23.4 Å². The molecule has 1 aromatic heterocycles. The molecule has 3 rings (SSSR count). The molecule has 6 nitrogen and oxygen atoms in total. The summed E-state index contributed by atoms with van der Waals surface area (Å²) in [6.07, 6.45) is 0. The molecule has 7 heteroatoms. The van der Waals surface area contributed by atoms with Crippen LogP contribution in [0.15, 0.2) is 22.7 Å². The zero-order valence-corrected chi connectivity index (χ0v) is 10.8. The number of hydrogen-bond donors (Lipinski definition) is 1. The molecule has 19 heavy (non-hydrogen) atoms. The van der Waals surface area contributed by atoms with Gasteiger partial charge >= 0.3 is 0 Å². The number of ether oxygens (including phenoxy) is 1. The van der Waals surface area contributed by atoms with E-state index in [4.69, 9.17) is 20.9 Å². The number of morpholine rings is 1. The van der Waals surface area contributed by atoms with E-state index in [2.05, 4.69) is 10.1 Å². The van der Waals surface area contributed by atoms with E-state index >= 15 is 0 Å². The fourth-order valence-corrected chi connectivity index (χ4v) is 2.07. The van der Waals surface area contributed by atoms with Crippen LogP contribution in [-0.2, 0) is 4.74 Å². The predicted molar refractivity (Wildman–Crippen MR) is 69.4 cm³/mol. The summed E-state index contributed by atoms with van der Waals surface area (Å²) < 4.78 is 10.4. The van der Waals surface area contributed by atoms with Crippen LogP contribution in [0.5, 0.6) is 5.75 Å². The van der Waals surface area contributed by atoms with E-state index in [9.17, 15) is 5.11 Å². The van der Waals surface area contributed by atoms with Gasteiger partial charge < -0.3 is 19.3 Å². The van der Waals surface area contributed by atoms with Crippen LogP contribution in [0.3, 0.4) is 0 Å². The largest absolute Gasteiger partial charge is 0.507 e. The maximum absolute atomic E-state index is 9.79. The number of rotatable bonds is 2. The molecular weight excluding hydrogens is 270 g/mol. The minimum Gasteiger partial charge on any atom is -0.507 e. The quantitative estimate of drug-likeness (QED) is 0.907. The van der Waals surface area contributed by atoms with Crippen molar-refractivity contribution >= 4 is 17.5 Å². The van der Waals surface area contributed by atoms with E-state index < -0.39 is 0 Å². The van der Waals surface area contributed by atoms with Crippen molar-refractivity contribution in [1.29, 1.82) is 0 Å². The lowest BCUT2D eigenvalue weighted by Crippen LogP contribution is -2.36. The smallest absolute Gasteiger partial charge is 0.266 e. The Morgan fingerprint density at radius 3 is 2.84 bits per heavy atom. The molecular formula is C12H12ClN3O3. The molecule has 0 unspecified atom stereocenters. The first-order valence-electron chi connectivity index (χ1n) is 5.89. The molecule has 0 amide bonds. The van der Waals surface area contributed by atoms with Crippen molar-refractivity contribution in [3.63, 3.8) is 0 Å². The van der Waals surface area contributed by atoms with Crippen LogP contribution < -0.4 is 4.90 Å². The monoisotopic (exact) mass is 281 g/mol. The summed E-state index contributed by atoms with van der Waals surface area (Å²) in [7, 11) is 0. The van der Waals surface area contributed by atoms with Gasteiger partial charge in [-0.15, -0.1) is 0 Å². The van der Waals surface area contributed by atoms with Crippen molar-refractivity contribution < 1.29 is 14.4 Å². The third-order valence-electron chi connectivity index (χ3n) is 2.90. The molecule has 0 aliphatic carbocycles. The first-order chi connectivity index (χ1) is 9.24. The van der Waals surface area contributed by atoms with Crippen LogP contribution in [0.2, 0.25) is 5.02 Å². The standard InChI is InChI=1S/C12H12ClN3O3/c13-8-1-2-10(17)9(7-8)11-14-12(15-19-11)16-3-5-18-6-4-16/h1-2,7,17H,3-6H2. The maximum Gasteiger partial charge on any atom is 0.266 e. The Morgan fingerprint density at radius 1 is 1.26 bits per heavy atom. The summed E-state index contributed by atoms with van der Waals surface area (Å²) in [5, 5.41) is 14.2. The van der Waals surface area contributed by atoms with Crippen LogP contribution in [0, 0.1) is 0 Å². The molecule has 1 aliphatic rings. The molecule has 0 spiro atoms. The number of phenols is 1. The Balaban J connectivity index is 1.89. The number of aromatic hydroxyl groups is 1. The molecule has 1 aromatic carbocycles. The number of anilines is 1. The lowest BCUT2D eigenvalue weighted by atomic mass is 10.2. The number of benzene rings is 1. The lowest BCUT2D eigenvalue weighted by molar-refractivity contribution is 0.121. The van der Waals surface area contributed by atoms with Crippen LogP contribution in [0.1, 0.15) is 0 Å². The second kappa shape index (κ2) is 5.07. The number of nitrogens with zero attached hydrogens (tertiary/aromatic N) is 3. The SMILES string of the molecule is Oc1ccc(Cl)cc1-c1nc(N2CCOCC2)no1. The van der Waals surface area contributed by atoms with Gasteiger partial charge in [-0.2, -0.15) is 4.98 Å². The summed E-state index contributed by atoms with van der Waals surface area (Å²) in [5.41, 5.74) is 0.430. The summed E-state index contributed by atoms with van der Waals surface area (Å²) >= 11 is 5.89. The van der Waals surface area contributed by atoms with E-state index in [0.717, 1.165) is 13.1 Å². The van der Waals surface area contributed by atoms with E-state index in [-0.39, 0.29) is 11.6 Å². The fourth-order valence-electron chi connectivity index (χ4n) is 1.90. The molecule has 0 bridgehead atoms. The Bertz CT molecular complexity index is 581. The molecule has 0 saturated carbocycles. The third-order valence-corrected chi connectivity index (χ3v) is 3.13. The molecule has 0 radical (unpaired) electrons. The number of halogens is 1. The Labute approximate surface area is 114 Å². The van der Waals surface area contributed by atoms with E-state index in [1.54, 1.807) is 12.1 Å². The summed E-state index contributed by atoms with van der Waals surface area (Å²) in [6, 6.07) is 4.68. The molecule has 1 N–H and O–H groups in total. The van der Waals surface area contributed by atoms with Crippen molar-refractivity contribution in [3.05, 3.63) is 23.2 Å². The molecule has 2 heterocycles. The minimum atomic E-state index is 0.0570. The molecule has 2 aromatic rings. The highest BCUT2D eigenvalue weighted by atomic mass is 35.5. The second-order valence-corrected chi connectivity index (χ2v) is 4.60. The number of phenolic OH excluding ortho intramolecular Hbond substituents is 1. The van der Waals surface area contributed by atoms with Gasteiger partial charge in [0.15, 0.2) is 0 Å². The number of aromatic nitrogens is 2. The van der Waals surface area contributed by atoms with Crippen molar-refractivity contribution in [3.8, 4) is 17.2 Å². The first-order valence-corrected chi connectivity index (χ1v) is 6.27. The highest BCUT2D eigenvalue weighted by molar-refractivity contribution is 6.30. The molecule has 1 fully saturated rings. The summed E-state index contributed by atoms with van der Waals surface area (Å²) in [6.45, 7) is 2.74. The summed E-state index contributed by atoms with van der Waals surface area (Å²) in [5.74, 6) is 0.806. The van der Waals surface area contributed by atoms with E-state index in [0.29, 0.717) is 29.7 Å². The number of hydrogen-bond acceptors (Lipinski definition) is 6. The van der Waals surface area contributed by atoms with Crippen LogP contribution in [0.4, 0.5) is 5.95 Å². The van der Waals surface area contributed by atoms with Crippen LogP contribution in [-0.4, -0.2) is 41.6 Å². The molecule has 0 atom stereocenters. The topological polar surface area (TPSA) is 71.6 Å². The Kier molecular flexibility index (Phi) is 3.27. The average molecular weight is 282 g/mol. The second-order valence-electron chi connectivity index (χ2n) is 4.16. The van der Waals surface area contributed by atoms with Gasteiger partial charge in [0.2, 0.25) is 0 Å².